The molecule has 3 rings (SSSR count). The summed E-state index contributed by atoms with van der Waals surface area (Å²) < 4.78 is 7.38. The number of benzene rings is 1. The molecule has 0 spiro atoms. The highest BCUT2D eigenvalue weighted by molar-refractivity contribution is 5.88. The maximum atomic E-state index is 11.2. The lowest BCUT2D eigenvalue weighted by Gasteiger charge is -2.07. The standard InChI is InChI=1S/C16H16N2O3/c1-2-5-15-17-12-6-3-4-7-13(12)18(15)10-14-11(16(19)20)8-9-21-14/h3-4,6-9H,2,5,10H2,1H3,(H,19,20). The monoisotopic (exact) mass is 284 g/mol. The summed E-state index contributed by atoms with van der Waals surface area (Å²) in [6.45, 7) is 2.48. The molecule has 5 nitrogen and oxygen atoms in total. The van der Waals surface area contributed by atoms with Crippen molar-refractivity contribution in [2.75, 3.05) is 0 Å². The van der Waals surface area contributed by atoms with Crippen LogP contribution in [0.5, 0.6) is 0 Å². The third kappa shape index (κ3) is 2.42. The maximum Gasteiger partial charge on any atom is 0.339 e. The Morgan fingerprint density at radius 1 is 1.33 bits per heavy atom. The second kappa shape index (κ2) is 5.44. The van der Waals surface area contributed by atoms with Crippen molar-refractivity contribution < 1.29 is 14.3 Å². The topological polar surface area (TPSA) is 68.3 Å². The third-order valence-electron chi connectivity index (χ3n) is 3.48. The molecule has 3 aromatic rings. The summed E-state index contributed by atoms with van der Waals surface area (Å²) in [6, 6.07) is 9.34. The number of carbonyl (C=O) groups is 1. The third-order valence-corrected chi connectivity index (χ3v) is 3.48. The molecule has 108 valence electrons. The van der Waals surface area contributed by atoms with Gasteiger partial charge in [-0.25, -0.2) is 9.78 Å². The first-order chi connectivity index (χ1) is 10.2. The minimum absolute atomic E-state index is 0.204. The molecule has 0 fully saturated rings. The van der Waals surface area contributed by atoms with Gasteiger partial charge in [0.05, 0.1) is 23.8 Å². The van der Waals surface area contributed by atoms with E-state index in [1.807, 2.05) is 28.8 Å². The van der Waals surface area contributed by atoms with Gasteiger partial charge in [-0.05, 0) is 24.6 Å². The number of hydrogen-bond donors (Lipinski definition) is 1. The molecule has 0 unspecified atom stereocenters. The highest BCUT2D eigenvalue weighted by Gasteiger charge is 2.17. The van der Waals surface area contributed by atoms with E-state index in [1.165, 1.54) is 12.3 Å². The Morgan fingerprint density at radius 3 is 2.90 bits per heavy atom. The molecule has 0 aliphatic rings. The van der Waals surface area contributed by atoms with Gasteiger partial charge in [0.15, 0.2) is 0 Å². The Balaban J connectivity index is 2.08. The Hall–Kier alpha value is -2.56. The SMILES string of the molecule is CCCc1nc2ccccc2n1Cc1occc1C(=O)O. The number of carboxylic acids is 1. The number of carboxylic acid groups (broad SMARTS) is 1. The predicted octanol–water partition coefficient (Wildman–Crippen LogP) is 3.33. The summed E-state index contributed by atoms with van der Waals surface area (Å²) in [5.41, 5.74) is 2.12. The molecular weight excluding hydrogens is 268 g/mol. The number of aryl methyl sites for hydroxylation is 1. The molecule has 2 aromatic heterocycles. The van der Waals surface area contributed by atoms with Gasteiger partial charge in [0.1, 0.15) is 17.1 Å². The minimum atomic E-state index is -0.972. The number of nitrogens with zero attached hydrogens (tertiary/aromatic N) is 2. The quantitative estimate of drug-likeness (QED) is 0.780. The van der Waals surface area contributed by atoms with Crippen LogP contribution in [0.3, 0.4) is 0 Å². The van der Waals surface area contributed by atoms with Gasteiger partial charge < -0.3 is 14.1 Å². The molecule has 0 radical (unpaired) electrons. The van der Waals surface area contributed by atoms with E-state index in [-0.39, 0.29) is 5.56 Å². The Bertz CT molecular complexity index is 786. The van der Waals surface area contributed by atoms with Crippen molar-refractivity contribution in [2.24, 2.45) is 0 Å². The van der Waals surface area contributed by atoms with E-state index in [0.717, 1.165) is 29.7 Å². The summed E-state index contributed by atoms with van der Waals surface area (Å²) in [7, 11) is 0. The van der Waals surface area contributed by atoms with Crippen molar-refractivity contribution in [3.8, 4) is 0 Å². The Labute approximate surface area is 121 Å². The van der Waals surface area contributed by atoms with Crippen LogP contribution in [0.2, 0.25) is 0 Å². The first-order valence-electron chi connectivity index (χ1n) is 6.94. The lowest BCUT2D eigenvalue weighted by molar-refractivity contribution is 0.0694. The van der Waals surface area contributed by atoms with Crippen LogP contribution in [0.1, 0.15) is 35.3 Å². The van der Waals surface area contributed by atoms with E-state index in [2.05, 4.69) is 11.9 Å². The van der Waals surface area contributed by atoms with Crippen LogP contribution in [0.15, 0.2) is 41.0 Å². The van der Waals surface area contributed by atoms with Crippen LogP contribution >= 0.6 is 0 Å². The molecule has 0 aliphatic carbocycles. The van der Waals surface area contributed by atoms with Gasteiger partial charge in [-0.1, -0.05) is 19.1 Å². The van der Waals surface area contributed by atoms with Crippen LogP contribution in [0, 0.1) is 0 Å². The second-order valence-corrected chi connectivity index (χ2v) is 4.92. The fraction of sp³-hybridized carbons (Fsp3) is 0.250. The number of hydrogen-bond acceptors (Lipinski definition) is 3. The van der Waals surface area contributed by atoms with Crippen molar-refractivity contribution >= 4 is 17.0 Å². The van der Waals surface area contributed by atoms with Crippen LogP contribution in [-0.4, -0.2) is 20.6 Å². The van der Waals surface area contributed by atoms with Gasteiger partial charge in [-0.3, -0.25) is 0 Å². The molecule has 0 saturated heterocycles. The molecule has 0 amide bonds. The van der Waals surface area contributed by atoms with Crippen molar-refractivity contribution in [3.05, 3.63) is 53.7 Å². The number of aromatic carboxylic acids is 1. The summed E-state index contributed by atoms with van der Waals surface area (Å²) in [6.07, 6.45) is 3.24. The van der Waals surface area contributed by atoms with Crippen molar-refractivity contribution in [1.82, 2.24) is 9.55 Å². The number of para-hydroxylation sites is 2. The smallest absolute Gasteiger partial charge is 0.339 e. The van der Waals surface area contributed by atoms with Crippen molar-refractivity contribution in [2.45, 2.75) is 26.3 Å². The zero-order chi connectivity index (χ0) is 14.8. The molecule has 2 heterocycles. The van der Waals surface area contributed by atoms with E-state index >= 15 is 0 Å². The highest BCUT2D eigenvalue weighted by atomic mass is 16.4. The van der Waals surface area contributed by atoms with Crippen LogP contribution in [-0.2, 0) is 13.0 Å². The molecule has 0 bridgehead atoms. The predicted molar refractivity (Wildman–Crippen MR) is 78.5 cm³/mol. The van der Waals surface area contributed by atoms with Gasteiger partial charge in [0.2, 0.25) is 0 Å². The molecule has 0 aliphatic heterocycles. The molecule has 0 saturated carbocycles. The number of rotatable bonds is 5. The summed E-state index contributed by atoms with van der Waals surface area (Å²) >= 11 is 0. The first kappa shape index (κ1) is 13.4. The molecule has 21 heavy (non-hydrogen) atoms. The highest BCUT2D eigenvalue weighted by Crippen LogP contribution is 2.21. The van der Waals surface area contributed by atoms with E-state index in [0.29, 0.717) is 12.3 Å². The zero-order valence-corrected chi connectivity index (χ0v) is 11.7. The summed E-state index contributed by atoms with van der Waals surface area (Å²) in [5, 5.41) is 9.18. The molecular formula is C16H16N2O3. The van der Waals surface area contributed by atoms with Crippen molar-refractivity contribution in [1.29, 1.82) is 0 Å². The molecule has 0 atom stereocenters. The van der Waals surface area contributed by atoms with Gasteiger partial charge in [-0.2, -0.15) is 0 Å². The summed E-state index contributed by atoms with van der Waals surface area (Å²) in [5.74, 6) is 0.426. The average Bonchev–Trinajstić information content (AvgIpc) is 3.06. The van der Waals surface area contributed by atoms with E-state index in [9.17, 15) is 9.90 Å². The Kier molecular flexibility index (Phi) is 3.48. The largest absolute Gasteiger partial charge is 0.478 e. The fourth-order valence-electron chi connectivity index (χ4n) is 2.51. The van der Waals surface area contributed by atoms with Crippen molar-refractivity contribution in [3.63, 3.8) is 0 Å². The lowest BCUT2D eigenvalue weighted by atomic mass is 10.2. The second-order valence-electron chi connectivity index (χ2n) is 4.92. The number of aromatic nitrogens is 2. The summed E-state index contributed by atoms with van der Waals surface area (Å²) in [4.78, 5) is 15.8. The number of imidazole rings is 1. The lowest BCUT2D eigenvalue weighted by Crippen LogP contribution is -2.08. The normalized spacial score (nSPS) is 11.1. The van der Waals surface area contributed by atoms with Gasteiger partial charge >= 0.3 is 5.97 Å². The minimum Gasteiger partial charge on any atom is -0.478 e. The molecule has 5 heteroatoms. The number of furan rings is 1. The van der Waals surface area contributed by atoms with Crippen LogP contribution in [0.4, 0.5) is 0 Å². The Morgan fingerprint density at radius 2 is 2.14 bits per heavy atom. The van der Waals surface area contributed by atoms with E-state index in [4.69, 9.17) is 4.42 Å². The van der Waals surface area contributed by atoms with Gasteiger partial charge in [0, 0.05) is 6.42 Å². The fourth-order valence-corrected chi connectivity index (χ4v) is 2.51. The molecule has 1 aromatic carbocycles. The zero-order valence-electron chi connectivity index (χ0n) is 11.7. The average molecular weight is 284 g/mol. The maximum absolute atomic E-state index is 11.2. The van der Waals surface area contributed by atoms with Crippen LogP contribution < -0.4 is 0 Å². The van der Waals surface area contributed by atoms with E-state index < -0.39 is 5.97 Å². The number of fused-ring (bicyclic) bond motifs is 1. The van der Waals surface area contributed by atoms with Crippen LogP contribution in [0.25, 0.3) is 11.0 Å². The van der Waals surface area contributed by atoms with E-state index in [1.54, 1.807) is 0 Å². The van der Waals surface area contributed by atoms with Gasteiger partial charge in [-0.15, -0.1) is 0 Å². The molecule has 1 N–H and O–H groups in total. The van der Waals surface area contributed by atoms with Gasteiger partial charge in [0.25, 0.3) is 0 Å². The first-order valence-corrected chi connectivity index (χ1v) is 6.94.